The first kappa shape index (κ1) is 89.4. The molecule has 0 atom stereocenters. The molecule has 3 fully saturated rings. The average molecular weight is 1510 g/mol. The Kier molecular flexibility index (Phi) is 49.8. The lowest BCUT2D eigenvalue weighted by atomic mass is 10.2. The molecule has 574 valence electrons. The van der Waals surface area contributed by atoms with Gasteiger partial charge in [-0.05, 0) is 105 Å². The van der Waals surface area contributed by atoms with Gasteiger partial charge in [-0.2, -0.15) is 0 Å². The van der Waals surface area contributed by atoms with Crippen molar-refractivity contribution in [1.82, 2.24) is 60.5 Å². The highest BCUT2D eigenvalue weighted by Crippen LogP contribution is 2.16. The maximum atomic E-state index is 3.69. The average Bonchev–Trinajstić information content (AvgIpc) is 0.904. The van der Waals surface area contributed by atoms with Crippen LogP contribution in [0.15, 0.2) is 212 Å². The molecule has 0 amide bonds. The van der Waals surface area contributed by atoms with E-state index >= 15 is 0 Å². The molecule has 0 saturated carbocycles. The van der Waals surface area contributed by atoms with Gasteiger partial charge in [0, 0.05) is 188 Å². The standard InChI is InChI=1S/C38H58N5.C29H38N4.C9H21N3.C7H7Br.C6H15N.ClH/c1-4-43(5-2,6-3)32-16-23-39-24-26-40(33-36-17-10-7-11-18-36)28-30-42(35-38-21-14-9-15-22-38)31-29-41(27-25-39)34-37-19-12-8-13-20-37;1-4-10-27(11-5-1)24-31-18-16-30-17-19-32(25-28-12-6-2-7-13-28)21-23-33(22-20-31)26-29-14-8-3-9-15-29;1-2-4-10-6-8-12-9-7-11-5-3-1;8-6-7-4-2-1-3-5-7;1-4-7(5-2)6-3;/h7-15,17-22H,4-6,16,23-35H2,1-3H3;1-15,30H,16-26H2;10-12H,1-9H2;1-5H,6H2;4-6H2,1-3H3;1H/q+1;;;;;/p-1. The minimum Gasteiger partial charge on any atom is -1.00 e. The predicted molar refractivity (Wildman–Crippen MR) is 446 cm³/mol. The van der Waals surface area contributed by atoms with Crippen LogP contribution in [0, 0.1) is 0 Å². The lowest BCUT2D eigenvalue weighted by Gasteiger charge is -2.37. The van der Waals surface area contributed by atoms with Crippen LogP contribution < -0.4 is 33.7 Å². The fraction of sp³-hybridized carbons (Fsp3) is 0.528. The molecular formula is C89H139BrClN13. The van der Waals surface area contributed by atoms with E-state index in [1.807, 2.05) is 18.2 Å². The van der Waals surface area contributed by atoms with E-state index in [1.165, 1.54) is 135 Å². The van der Waals surface area contributed by atoms with Gasteiger partial charge in [-0.3, -0.25) is 29.4 Å². The molecule has 4 N–H and O–H groups in total. The SMILES string of the molecule is BrCc1ccccc1.C1CCNCCNCCNCC1.CCN(CC)CC.CC[N+](CC)(CC)CCCN1CCN(Cc2ccccc2)CCN(Cc2ccccc2)CCN(Cc2ccccc2)CC1.[Cl-].c1ccc(CN2CCNCCN(Cc3ccccc3)CCN(Cc3ccccc3)CC2)cc1. The molecule has 3 aliphatic rings. The van der Waals surface area contributed by atoms with E-state index in [0.717, 1.165) is 175 Å². The number of nitrogens with one attached hydrogen (secondary N) is 4. The molecule has 7 aromatic rings. The van der Waals surface area contributed by atoms with Crippen molar-refractivity contribution in [3.8, 4) is 0 Å². The zero-order valence-electron chi connectivity index (χ0n) is 65.5. The normalized spacial score (nSPS) is 17.0. The number of halogens is 2. The maximum absolute atomic E-state index is 3.69. The second-order valence-corrected chi connectivity index (χ2v) is 28.6. The third-order valence-electron chi connectivity index (χ3n) is 20.7. The van der Waals surface area contributed by atoms with Crippen LogP contribution in [0.3, 0.4) is 0 Å². The molecule has 0 radical (unpaired) electrons. The maximum Gasteiger partial charge on any atom is 0.0798 e. The fourth-order valence-corrected chi connectivity index (χ4v) is 14.1. The van der Waals surface area contributed by atoms with Gasteiger partial charge >= 0.3 is 0 Å². The van der Waals surface area contributed by atoms with Crippen molar-refractivity contribution in [3.63, 3.8) is 0 Å². The van der Waals surface area contributed by atoms with E-state index in [0.29, 0.717) is 0 Å². The molecule has 0 spiro atoms. The van der Waals surface area contributed by atoms with Crippen molar-refractivity contribution in [1.29, 1.82) is 0 Å². The Morgan fingerprint density at radius 3 is 0.750 bits per heavy atom. The first-order chi connectivity index (χ1) is 50.7. The van der Waals surface area contributed by atoms with Gasteiger partial charge in [0.25, 0.3) is 0 Å². The Morgan fingerprint density at radius 2 is 0.519 bits per heavy atom. The van der Waals surface area contributed by atoms with Crippen LogP contribution in [0.4, 0.5) is 0 Å². The van der Waals surface area contributed by atoms with Gasteiger partial charge in [-0.1, -0.05) is 255 Å². The quantitative estimate of drug-likeness (QED) is 0.0364. The third-order valence-corrected chi connectivity index (χ3v) is 21.4. The number of hydrogen-bond donors (Lipinski definition) is 4. The molecule has 3 aliphatic heterocycles. The van der Waals surface area contributed by atoms with Gasteiger partial charge in [0.2, 0.25) is 0 Å². The Hall–Kier alpha value is -5.21. The van der Waals surface area contributed by atoms with E-state index in [2.05, 4.69) is 312 Å². The van der Waals surface area contributed by atoms with Crippen LogP contribution >= 0.6 is 15.9 Å². The summed E-state index contributed by atoms with van der Waals surface area (Å²) in [5.41, 5.74) is 9.76. The van der Waals surface area contributed by atoms with Crippen molar-refractivity contribution >= 4 is 15.9 Å². The summed E-state index contributed by atoms with van der Waals surface area (Å²) in [4.78, 5) is 21.1. The Morgan fingerprint density at radius 1 is 0.288 bits per heavy atom. The van der Waals surface area contributed by atoms with Crippen LogP contribution in [-0.4, -0.2) is 240 Å². The van der Waals surface area contributed by atoms with E-state index < -0.39 is 0 Å². The number of hydrogen-bond acceptors (Lipinski definition) is 12. The monoisotopic (exact) mass is 1500 g/mol. The summed E-state index contributed by atoms with van der Waals surface area (Å²) >= 11 is 3.36. The summed E-state index contributed by atoms with van der Waals surface area (Å²) in [6, 6.07) is 76.1. The minimum absolute atomic E-state index is 0. The first-order valence-corrected chi connectivity index (χ1v) is 41.2. The molecule has 0 unspecified atom stereocenters. The van der Waals surface area contributed by atoms with E-state index in [1.54, 1.807) is 0 Å². The fourth-order valence-electron chi connectivity index (χ4n) is 13.7. The van der Waals surface area contributed by atoms with Gasteiger partial charge in [-0.25, -0.2) is 0 Å². The number of benzene rings is 7. The second-order valence-electron chi connectivity index (χ2n) is 28.1. The summed E-state index contributed by atoms with van der Waals surface area (Å²) < 4.78 is 1.24. The second kappa shape index (κ2) is 57.9. The van der Waals surface area contributed by atoms with Gasteiger partial charge in [0.1, 0.15) is 0 Å². The number of nitrogens with zero attached hydrogens (tertiary/aromatic N) is 9. The molecule has 0 aliphatic carbocycles. The molecular weight excluding hydrogens is 1370 g/mol. The molecule has 13 nitrogen and oxygen atoms in total. The zero-order valence-corrected chi connectivity index (χ0v) is 67.8. The topological polar surface area (TPSA) is 74.0 Å². The van der Waals surface area contributed by atoms with E-state index in [-0.39, 0.29) is 12.4 Å². The minimum atomic E-state index is 0. The highest BCUT2D eigenvalue weighted by molar-refractivity contribution is 9.08. The molecule has 3 saturated heterocycles. The van der Waals surface area contributed by atoms with Crippen LogP contribution in [-0.2, 0) is 44.6 Å². The number of alkyl halides is 1. The summed E-state index contributed by atoms with van der Waals surface area (Å²) in [7, 11) is 0. The van der Waals surface area contributed by atoms with Gasteiger partial charge in [0.15, 0.2) is 0 Å². The predicted octanol–water partition coefficient (Wildman–Crippen LogP) is 11.0. The van der Waals surface area contributed by atoms with Gasteiger partial charge < -0.3 is 48.0 Å². The Bertz CT molecular complexity index is 2860. The highest BCUT2D eigenvalue weighted by Gasteiger charge is 2.23. The van der Waals surface area contributed by atoms with Crippen LogP contribution in [0.25, 0.3) is 0 Å². The summed E-state index contributed by atoms with van der Waals surface area (Å²) in [6.07, 6.45) is 5.27. The van der Waals surface area contributed by atoms with Gasteiger partial charge in [-0.15, -0.1) is 0 Å². The smallest absolute Gasteiger partial charge is 0.0798 e. The Balaban J connectivity index is 0.000000277. The van der Waals surface area contributed by atoms with E-state index in [9.17, 15) is 0 Å². The van der Waals surface area contributed by atoms with Crippen molar-refractivity contribution in [2.24, 2.45) is 0 Å². The molecule has 7 aromatic carbocycles. The molecule has 104 heavy (non-hydrogen) atoms. The number of rotatable bonds is 23. The largest absolute Gasteiger partial charge is 1.00 e. The van der Waals surface area contributed by atoms with Crippen LogP contribution in [0.2, 0.25) is 0 Å². The van der Waals surface area contributed by atoms with Crippen molar-refractivity contribution in [3.05, 3.63) is 251 Å². The van der Waals surface area contributed by atoms with Crippen molar-refractivity contribution in [2.75, 3.05) is 196 Å². The summed E-state index contributed by atoms with van der Waals surface area (Å²) in [6.45, 7) is 53.7. The highest BCUT2D eigenvalue weighted by atomic mass is 79.9. The van der Waals surface area contributed by atoms with Crippen LogP contribution in [0.1, 0.15) is 106 Å². The Labute approximate surface area is 648 Å². The zero-order chi connectivity index (χ0) is 72.7. The molecule has 15 heteroatoms. The van der Waals surface area contributed by atoms with E-state index in [4.69, 9.17) is 0 Å². The molecule has 10 rings (SSSR count). The lowest BCUT2D eigenvalue weighted by Crippen LogP contribution is -3.00. The van der Waals surface area contributed by atoms with Crippen LogP contribution in [0.5, 0.6) is 0 Å². The van der Waals surface area contributed by atoms with Crippen molar-refractivity contribution < 1.29 is 16.9 Å². The molecule has 0 aromatic heterocycles. The summed E-state index contributed by atoms with van der Waals surface area (Å²) in [5, 5.41) is 14.9. The first-order valence-electron chi connectivity index (χ1n) is 40.0. The van der Waals surface area contributed by atoms with Gasteiger partial charge in [0.05, 0.1) is 26.2 Å². The lowest BCUT2D eigenvalue weighted by molar-refractivity contribution is -0.923. The summed E-state index contributed by atoms with van der Waals surface area (Å²) in [5.74, 6) is 0. The van der Waals surface area contributed by atoms with Crippen molar-refractivity contribution in [2.45, 2.75) is 112 Å². The third kappa shape index (κ3) is 40.1. The molecule has 3 heterocycles. The number of quaternary nitrogens is 1. The molecule has 0 bridgehead atoms.